The largest absolute Gasteiger partial charge is 0.496 e. The van der Waals surface area contributed by atoms with E-state index >= 15 is 0 Å². The van der Waals surface area contributed by atoms with Crippen LogP contribution in [0, 0.1) is 0 Å². The van der Waals surface area contributed by atoms with Crippen LogP contribution in [0.4, 0.5) is 0 Å². The first kappa shape index (κ1) is 14.4. The molecule has 0 radical (unpaired) electrons. The topological polar surface area (TPSA) is 24.5 Å². The van der Waals surface area contributed by atoms with Crippen LogP contribution in [0.1, 0.15) is 24.8 Å². The van der Waals surface area contributed by atoms with E-state index in [1.807, 2.05) is 12.1 Å². The molecule has 1 aromatic rings. The van der Waals surface area contributed by atoms with Crippen LogP contribution in [0.5, 0.6) is 5.75 Å². The summed E-state index contributed by atoms with van der Waals surface area (Å²) in [5.74, 6) is 0.999. The number of hydrogen-bond acceptors (Lipinski definition) is 3. The van der Waals surface area contributed by atoms with E-state index in [2.05, 4.69) is 29.4 Å². The fourth-order valence-corrected chi connectivity index (χ4v) is 2.80. The van der Waals surface area contributed by atoms with Crippen LogP contribution >= 0.6 is 0 Å². The predicted molar refractivity (Wildman–Crippen MR) is 79.8 cm³/mol. The molecule has 1 unspecified atom stereocenters. The summed E-state index contributed by atoms with van der Waals surface area (Å²) in [5.41, 5.74) is 1.29. The van der Waals surface area contributed by atoms with E-state index in [0.29, 0.717) is 6.04 Å². The summed E-state index contributed by atoms with van der Waals surface area (Å²) in [7, 11) is 3.98. The standard InChI is InChI=1S/C16H26N2O/c1-18-12-6-5-8-15(18)13-17-11-10-14-7-3-4-9-16(14)19-2/h3-4,7,9,15,17H,5-6,8,10-13H2,1-2H3. The monoisotopic (exact) mass is 262 g/mol. The lowest BCUT2D eigenvalue weighted by Gasteiger charge is -2.32. The van der Waals surface area contributed by atoms with Crippen molar-refractivity contribution in [1.82, 2.24) is 10.2 Å². The molecule has 3 nitrogen and oxygen atoms in total. The maximum Gasteiger partial charge on any atom is 0.122 e. The Labute approximate surface area is 116 Å². The molecule has 0 saturated carbocycles. The van der Waals surface area contributed by atoms with Gasteiger partial charge in [0.25, 0.3) is 0 Å². The zero-order valence-corrected chi connectivity index (χ0v) is 12.2. The molecule has 1 N–H and O–H groups in total. The molecule has 1 aliphatic heterocycles. The van der Waals surface area contributed by atoms with Gasteiger partial charge in [-0.1, -0.05) is 24.6 Å². The third-order valence-electron chi connectivity index (χ3n) is 4.07. The molecule has 106 valence electrons. The molecule has 0 bridgehead atoms. The van der Waals surface area contributed by atoms with Gasteiger partial charge in [0, 0.05) is 12.6 Å². The van der Waals surface area contributed by atoms with Gasteiger partial charge < -0.3 is 15.0 Å². The minimum Gasteiger partial charge on any atom is -0.496 e. The van der Waals surface area contributed by atoms with Gasteiger partial charge in [-0.2, -0.15) is 0 Å². The Morgan fingerprint density at radius 3 is 2.95 bits per heavy atom. The van der Waals surface area contributed by atoms with E-state index < -0.39 is 0 Å². The maximum atomic E-state index is 5.37. The molecule has 19 heavy (non-hydrogen) atoms. The minimum atomic E-state index is 0.714. The highest BCUT2D eigenvalue weighted by Gasteiger charge is 2.17. The lowest BCUT2D eigenvalue weighted by atomic mass is 10.0. The summed E-state index contributed by atoms with van der Waals surface area (Å²) >= 11 is 0. The molecule has 1 aromatic carbocycles. The van der Waals surface area contributed by atoms with Gasteiger partial charge in [-0.15, -0.1) is 0 Å². The Morgan fingerprint density at radius 1 is 1.32 bits per heavy atom. The molecule has 0 aliphatic carbocycles. The van der Waals surface area contributed by atoms with Crippen LogP contribution in [-0.4, -0.2) is 44.7 Å². The summed E-state index contributed by atoms with van der Waals surface area (Å²) < 4.78 is 5.37. The van der Waals surface area contributed by atoms with E-state index in [9.17, 15) is 0 Å². The summed E-state index contributed by atoms with van der Waals surface area (Å²) in [4.78, 5) is 2.49. The highest BCUT2D eigenvalue weighted by molar-refractivity contribution is 5.33. The van der Waals surface area contributed by atoms with E-state index in [0.717, 1.165) is 25.3 Å². The second-order valence-corrected chi connectivity index (χ2v) is 5.40. The van der Waals surface area contributed by atoms with Gasteiger partial charge in [0.05, 0.1) is 7.11 Å². The molecule has 1 atom stereocenters. The third kappa shape index (κ3) is 4.22. The van der Waals surface area contributed by atoms with E-state index in [4.69, 9.17) is 4.74 Å². The Bertz CT molecular complexity index is 381. The molecule has 1 heterocycles. The zero-order valence-electron chi connectivity index (χ0n) is 12.2. The number of rotatable bonds is 6. The molecule has 1 fully saturated rings. The zero-order chi connectivity index (χ0) is 13.5. The van der Waals surface area contributed by atoms with Gasteiger partial charge in [-0.25, -0.2) is 0 Å². The summed E-state index contributed by atoms with van der Waals surface area (Å²) in [5, 5.41) is 3.59. The molecule has 0 aromatic heterocycles. The van der Waals surface area contributed by atoms with Crippen molar-refractivity contribution in [2.45, 2.75) is 31.7 Å². The number of likely N-dealkylation sites (N-methyl/N-ethyl adjacent to an activating group) is 1. The smallest absolute Gasteiger partial charge is 0.122 e. The number of nitrogens with zero attached hydrogens (tertiary/aromatic N) is 1. The quantitative estimate of drug-likeness (QED) is 0.796. The Balaban J connectivity index is 1.71. The van der Waals surface area contributed by atoms with Crippen molar-refractivity contribution < 1.29 is 4.74 Å². The van der Waals surface area contributed by atoms with Gasteiger partial charge in [-0.05, 0) is 51.0 Å². The molecule has 1 saturated heterocycles. The average molecular weight is 262 g/mol. The number of benzene rings is 1. The van der Waals surface area contributed by atoms with Crippen molar-refractivity contribution in [3.63, 3.8) is 0 Å². The van der Waals surface area contributed by atoms with E-state index in [1.165, 1.54) is 31.4 Å². The fourth-order valence-electron chi connectivity index (χ4n) is 2.80. The summed E-state index contributed by atoms with van der Waals surface area (Å²) in [6.45, 7) is 3.37. The first-order valence-corrected chi connectivity index (χ1v) is 7.34. The van der Waals surface area contributed by atoms with Gasteiger partial charge in [0.2, 0.25) is 0 Å². The van der Waals surface area contributed by atoms with Crippen molar-refractivity contribution >= 4 is 0 Å². The van der Waals surface area contributed by atoms with Crippen LogP contribution in [-0.2, 0) is 6.42 Å². The number of nitrogens with one attached hydrogen (secondary N) is 1. The molecule has 3 heteroatoms. The maximum absolute atomic E-state index is 5.37. The van der Waals surface area contributed by atoms with Gasteiger partial charge >= 0.3 is 0 Å². The SMILES string of the molecule is COc1ccccc1CCNCC1CCCCN1C. The predicted octanol–water partition coefficient (Wildman–Crippen LogP) is 2.31. The van der Waals surface area contributed by atoms with Crippen molar-refractivity contribution in [1.29, 1.82) is 0 Å². The minimum absolute atomic E-state index is 0.714. The van der Waals surface area contributed by atoms with Gasteiger partial charge in [-0.3, -0.25) is 0 Å². The van der Waals surface area contributed by atoms with Crippen LogP contribution in [0.2, 0.25) is 0 Å². The summed E-state index contributed by atoms with van der Waals surface area (Å²) in [6.07, 6.45) is 5.09. The normalized spacial score (nSPS) is 20.4. The lowest BCUT2D eigenvalue weighted by Crippen LogP contribution is -2.43. The van der Waals surface area contributed by atoms with Gasteiger partial charge in [0.1, 0.15) is 5.75 Å². The van der Waals surface area contributed by atoms with Crippen molar-refractivity contribution in [3.8, 4) is 5.75 Å². The lowest BCUT2D eigenvalue weighted by molar-refractivity contribution is 0.182. The Hall–Kier alpha value is -1.06. The number of ether oxygens (including phenoxy) is 1. The number of hydrogen-bond donors (Lipinski definition) is 1. The highest BCUT2D eigenvalue weighted by atomic mass is 16.5. The Morgan fingerprint density at radius 2 is 2.16 bits per heavy atom. The first-order valence-electron chi connectivity index (χ1n) is 7.34. The average Bonchev–Trinajstić information content (AvgIpc) is 2.45. The highest BCUT2D eigenvalue weighted by Crippen LogP contribution is 2.17. The number of likely N-dealkylation sites (tertiary alicyclic amines) is 1. The molecule has 2 rings (SSSR count). The van der Waals surface area contributed by atoms with E-state index in [-0.39, 0.29) is 0 Å². The second kappa shape index (κ2) is 7.51. The molecular weight excluding hydrogens is 236 g/mol. The van der Waals surface area contributed by atoms with E-state index in [1.54, 1.807) is 7.11 Å². The summed E-state index contributed by atoms with van der Waals surface area (Å²) in [6, 6.07) is 8.99. The molecular formula is C16H26N2O. The molecule has 0 amide bonds. The van der Waals surface area contributed by atoms with Crippen molar-refractivity contribution in [2.24, 2.45) is 0 Å². The molecule has 0 spiro atoms. The van der Waals surface area contributed by atoms with Crippen molar-refractivity contribution in [3.05, 3.63) is 29.8 Å². The number of methoxy groups -OCH3 is 1. The third-order valence-corrected chi connectivity index (χ3v) is 4.07. The second-order valence-electron chi connectivity index (χ2n) is 5.40. The van der Waals surface area contributed by atoms with Crippen LogP contribution in [0.15, 0.2) is 24.3 Å². The van der Waals surface area contributed by atoms with Crippen LogP contribution in [0.3, 0.4) is 0 Å². The van der Waals surface area contributed by atoms with Crippen molar-refractivity contribution in [2.75, 3.05) is 33.8 Å². The molecule has 1 aliphatic rings. The van der Waals surface area contributed by atoms with Crippen LogP contribution in [0.25, 0.3) is 0 Å². The first-order chi connectivity index (χ1) is 9.31. The Kier molecular flexibility index (Phi) is 5.67. The number of piperidine rings is 1. The number of para-hydroxylation sites is 1. The van der Waals surface area contributed by atoms with Gasteiger partial charge in [0.15, 0.2) is 0 Å². The van der Waals surface area contributed by atoms with Crippen LogP contribution < -0.4 is 10.1 Å². The fraction of sp³-hybridized carbons (Fsp3) is 0.625.